The first-order valence-corrected chi connectivity index (χ1v) is 8.05. The van der Waals surface area contributed by atoms with Gasteiger partial charge in [-0.05, 0) is 53.8 Å². The van der Waals surface area contributed by atoms with Gasteiger partial charge in [0.1, 0.15) is 11.3 Å². The maximum Gasteiger partial charge on any atom is 0.259 e. The quantitative estimate of drug-likeness (QED) is 0.683. The van der Waals surface area contributed by atoms with E-state index in [-0.39, 0.29) is 24.2 Å². The average Bonchev–Trinajstić information content (AvgIpc) is 2.81. The molecule has 4 N–H and O–H groups in total. The second-order valence-electron chi connectivity index (χ2n) is 6.36. The number of aliphatic hydroxyl groups excluding tert-OH is 1. The van der Waals surface area contributed by atoms with Crippen LogP contribution < -0.4 is 5.32 Å². The first kappa shape index (κ1) is 17.0. The lowest BCUT2D eigenvalue weighted by molar-refractivity contribution is -0.129. The summed E-state index contributed by atoms with van der Waals surface area (Å²) < 4.78 is 0. The Morgan fingerprint density at radius 2 is 2.00 bits per heavy atom. The molecule has 1 unspecified atom stereocenters. The molecule has 2 aromatic carbocycles. The topological polar surface area (TPSA) is 96.7 Å². The number of aliphatic hydroxyl groups is 1. The number of aromatic hydroxyl groups is 1. The molecule has 6 nitrogen and oxygen atoms in total. The molecule has 0 saturated carbocycles. The van der Waals surface area contributed by atoms with Crippen LogP contribution in [0.4, 0.5) is 0 Å². The molecule has 0 aromatic heterocycles. The smallest absolute Gasteiger partial charge is 0.259 e. The van der Waals surface area contributed by atoms with E-state index in [0.717, 1.165) is 22.3 Å². The van der Waals surface area contributed by atoms with Crippen molar-refractivity contribution >= 4 is 11.9 Å². The maximum atomic E-state index is 12.6. The molecule has 0 bridgehead atoms. The lowest BCUT2D eigenvalue weighted by Gasteiger charge is -2.23. The summed E-state index contributed by atoms with van der Waals surface area (Å²) in [5.74, 6) is 0.0160. The van der Waals surface area contributed by atoms with Crippen molar-refractivity contribution in [2.75, 3.05) is 13.7 Å². The number of phenols is 1. The highest BCUT2D eigenvalue weighted by Gasteiger charge is 2.45. The predicted molar refractivity (Wildman–Crippen MR) is 95.3 cm³/mol. The van der Waals surface area contributed by atoms with Gasteiger partial charge in [0.15, 0.2) is 5.96 Å². The molecule has 130 valence electrons. The van der Waals surface area contributed by atoms with E-state index in [4.69, 9.17) is 5.41 Å². The number of hydrogen-bond acceptors (Lipinski definition) is 4. The molecule has 6 heteroatoms. The van der Waals surface area contributed by atoms with Crippen LogP contribution in [-0.2, 0) is 16.8 Å². The molecule has 1 saturated heterocycles. The number of carbonyl (C=O) groups is 1. The van der Waals surface area contributed by atoms with Gasteiger partial charge in [-0.25, -0.2) is 0 Å². The molecule has 0 spiro atoms. The molecule has 1 atom stereocenters. The number of hydrogen-bond donors (Lipinski definition) is 4. The van der Waals surface area contributed by atoms with Crippen molar-refractivity contribution in [1.82, 2.24) is 10.2 Å². The number of guanidine groups is 1. The summed E-state index contributed by atoms with van der Waals surface area (Å²) in [7, 11) is 1.57. The molecule has 25 heavy (non-hydrogen) atoms. The van der Waals surface area contributed by atoms with E-state index < -0.39 is 5.54 Å². The number of carbonyl (C=O) groups excluding carboxylic acids is 1. The fourth-order valence-electron chi connectivity index (χ4n) is 3.18. The maximum absolute atomic E-state index is 12.6. The van der Waals surface area contributed by atoms with Crippen LogP contribution in [0.25, 0.3) is 11.1 Å². The highest BCUT2D eigenvalue weighted by Crippen LogP contribution is 2.33. The Morgan fingerprint density at radius 1 is 1.24 bits per heavy atom. The third-order valence-corrected chi connectivity index (χ3v) is 4.66. The summed E-state index contributed by atoms with van der Waals surface area (Å²) in [5.41, 5.74) is 2.30. The molecule has 1 fully saturated rings. The summed E-state index contributed by atoms with van der Waals surface area (Å²) in [5, 5.41) is 29.9. The average molecular weight is 339 g/mol. The van der Waals surface area contributed by atoms with Gasteiger partial charge in [0, 0.05) is 13.7 Å². The SMILES string of the molecule is CN1C(=N)NC(C)(c2cccc(-c3cc(O)ccc3CCO)c2)C1=O. The van der Waals surface area contributed by atoms with Crippen molar-refractivity contribution in [2.45, 2.75) is 18.9 Å². The third kappa shape index (κ3) is 2.85. The standard InChI is InChI=1S/C19H21N3O3/c1-19(17(25)22(2)18(20)21-19)14-5-3-4-13(10-14)16-11-15(24)7-6-12(16)8-9-23/h3-7,10-11,23-24H,8-9H2,1-2H3,(H2,20,21). The highest BCUT2D eigenvalue weighted by molar-refractivity contribution is 6.07. The molecular weight excluding hydrogens is 318 g/mol. The van der Waals surface area contributed by atoms with E-state index in [0.29, 0.717) is 6.42 Å². The zero-order chi connectivity index (χ0) is 18.2. The molecule has 2 aromatic rings. The van der Waals surface area contributed by atoms with Crippen molar-refractivity contribution < 1.29 is 15.0 Å². The van der Waals surface area contributed by atoms with Gasteiger partial charge >= 0.3 is 0 Å². The highest BCUT2D eigenvalue weighted by atomic mass is 16.3. The van der Waals surface area contributed by atoms with Crippen molar-refractivity contribution in [3.05, 3.63) is 53.6 Å². The minimum atomic E-state index is -1.00. The molecule has 1 amide bonds. The van der Waals surface area contributed by atoms with E-state index in [1.807, 2.05) is 24.3 Å². The summed E-state index contributed by atoms with van der Waals surface area (Å²) >= 11 is 0. The van der Waals surface area contributed by atoms with Gasteiger partial charge in [-0.2, -0.15) is 0 Å². The fraction of sp³-hybridized carbons (Fsp3) is 0.263. The Kier molecular flexibility index (Phi) is 4.22. The lowest BCUT2D eigenvalue weighted by Crippen LogP contribution is -2.40. The minimum absolute atomic E-state index is 0.0111. The molecule has 1 heterocycles. The number of rotatable bonds is 4. The zero-order valence-electron chi connectivity index (χ0n) is 14.2. The van der Waals surface area contributed by atoms with Crippen LogP contribution in [0, 0.1) is 5.41 Å². The Balaban J connectivity index is 2.08. The Hall–Kier alpha value is -2.86. The van der Waals surface area contributed by atoms with Gasteiger partial charge < -0.3 is 15.5 Å². The van der Waals surface area contributed by atoms with E-state index in [1.165, 1.54) is 4.90 Å². The van der Waals surface area contributed by atoms with Gasteiger partial charge in [-0.3, -0.25) is 15.1 Å². The summed E-state index contributed by atoms with van der Waals surface area (Å²) in [4.78, 5) is 13.8. The van der Waals surface area contributed by atoms with Crippen LogP contribution >= 0.6 is 0 Å². The van der Waals surface area contributed by atoms with Crippen molar-refractivity contribution in [1.29, 1.82) is 5.41 Å². The Labute approximate surface area is 146 Å². The van der Waals surface area contributed by atoms with Crippen LogP contribution in [0.1, 0.15) is 18.1 Å². The minimum Gasteiger partial charge on any atom is -0.508 e. The largest absolute Gasteiger partial charge is 0.508 e. The van der Waals surface area contributed by atoms with E-state index in [1.54, 1.807) is 32.2 Å². The number of benzene rings is 2. The normalized spacial score (nSPS) is 20.0. The molecule has 1 aliphatic heterocycles. The Bertz CT molecular complexity index is 850. The van der Waals surface area contributed by atoms with E-state index in [2.05, 4.69) is 5.32 Å². The number of nitrogens with zero attached hydrogens (tertiary/aromatic N) is 1. The summed E-state index contributed by atoms with van der Waals surface area (Å²) in [6.07, 6.45) is 0.474. The van der Waals surface area contributed by atoms with Gasteiger partial charge in [0.25, 0.3) is 5.91 Å². The second kappa shape index (κ2) is 6.22. The first-order chi connectivity index (χ1) is 11.9. The van der Waals surface area contributed by atoms with Crippen LogP contribution in [0.3, 0.4) is 0 Å². The first-order valence-electron chi connectivity index (χ1n) is 8.05. The van der Waals surface area contributed by atoms with Gasteiger partial charge in [-0.1, -0.05) is 24.3 Å². The van der Waals surface area contributed by atoms with Gasteiger partial charge in [0.2, 0.25) is 0 Å². The number of likely N-dealkylation sites (N-methyl/N-ethyl adjacent to an activating group) is 1. The Morgan fingerprint density at radius 3 is 2.64 bits per heavy atom. The van der Waals surface area contributed by atoms with Crippen LogP contribution in [-0.4, -0.2) is 40.6 Å². The van der Waals surface area contributed by atoms with E-state index >= 15 is 0 Å². The monoisotopic (exact) mass is 339 g/mol. The van der Waals surface area contributed by atoms with Gasteiger partial charge in [0.05, 0.1) is 0 Å². The number of nitrogens with one attached hydrogen (secondary N) is 2. The summed E-state index contributed by atoms with van der Waals surface area (Å²) in [6, 6.07) is 12.5. The fourth-order valence-corrected chi connectivity index (χ4v) is 3.18. The lowest BCUT2D eigenvalue weighted by atomic mass is 9.88. The van der Waals surface area contributed by atoms with E-state index in [9.17, 15) is 15.0 Å². The van der Waals surface area contributed by atoms with Crippen LogP contribution in [0.15, 0.2) is 42.5 Å². The number of amides is 1. The van der Waals surface area contributed by atoms with Gasteiger partial charge in [-0.15, -0.1) is 0 Å². The van der Waals surface area contributed by atoms with Crippen molar-refractivity contribution in [3.8, 4) is 16.9 Å². The molecule has 0 radical (unpaired) electrons. The van der Waals surface area contributed by atoms with Crippen molar-refractivity contribution in [3.63, 3.8) is 0 Å². The number of phenolic OH excluding ortho intramolecular Hbond substituents is 1. The molecule has 1 aliphatic rings. The second-order valence-corrected chi connectivity index (χ2v) is 6.36. The van der Waals surface area contributed by atoms with Crippen molar-refractivity contribution in [2.24, 2.45) is 0 Å². The van der Waals surface area contributed by atoms with Crippen LogP contribution in [0.5, 0.6) is 5.75 Å². The third-order valence-electron chi connectivity index (χ3n) is 4.66. The predicted octanol–water partition coefficient (Wildman–Crippen LogP) is 1.81. The summed E-state index contributed by atoms with van der Waals surface area (Å²) in [6.45, 7) is 1.76. The zero-order valence-corrected chi connectivity index (χ0v) is 14.2. The van der Waals surface area contributed by atoms with Crippen LogP contribution in [0.2, 0.25) is 0 Å². The molecule has 0 aliphatic carbocycles. The molecule has 3 rings (SSSR count). The molecular formula is C19H21N3O3.